The largest absolute Gasteiger partial charge is 0.369 e. The van der Waals surface area contributed by atoms with Crippen molar-refractivity contribution < 1.29 is 14.3 Å². The quantitative estimate of drug-likeness (QED) is 0.711. The van der Waals surface area contributed by atoms with Gasteiger partial charge in [-0.05, 0) is 25.2 Å². The molecule has 2 saturated heterocycles. The third kappa shape index (κ3) is 1.66. The molecule has 2 N–H and O–H groups in total. The van der Waals surface area contributed by atoms with Gasteiger partial charge in [0.05, 0.1) is 17.5 Å². The molecule has 3 rings (SSSR count). The van der Waals surface area contributed by atoms with Crippen LogP contribution < -0.4 is 5.73 Å². The van der Waals surface area contributed by atoms with Crippen LogP contribution >= 0.6 is 11.8 Å². The molecular formula is C10H15NO3S. The lowest BCUT2D eigenvalue weighted by Gasteiger charge is -2.31. The van der Waals surface area contributed by atoms with Crippen LogP contribution in [0, 0.1) is 5.92 Å². The fraction of sp³-hybridized carbons (Fsp3) is 0.900. The van der Waals surface area contributed by atoms with E-state index in [4.69, 9.17) is 15.2 Å². The van der Waals surface area contributed by atoms with Crippen LogP contribution in [0.15, 0.2) is 0 Å². The highest BCUT2D eigenvalue weighted by Crippen LogP contribution is 2.48. The van der Waals surface area contributed by atoms with Crippen molar-refractivity contribution in [2.24, 2.45) is 11.7 Å². The molecule has 3 aliphatic rings. The number of ether oxygens (including phenoxy) is 2. The Hall–Kier alpha value is -0.260. The molecule has 1 aliphatic carbocycles. The minimum atomic E-state index is -0.165. The van der Waals surface area contributed by atoms with Gasteiger partial charge in [-0.1, -0.05) is 0 Å². The molecule has 0 bridgehead atoms. The maximum atomic E-state index is 11.1. The van der Waals surface area contributed by atoms with Gasteiger partial charge in [-0.25, -0.2) is 0 Å². The number of carbonyl (C=O) groups excluding carboxylic acids is 1. The molecule has 84 valence electrons. The number of amides is 1. The Balaban J connectivity index is 1.69. The second kappa shape index (κ2) is 3.64. The SMILES string of the molecule is NC(=O)C1CC2CC3OCOC3CC2S1. The number of thioether (sulfide) groups is 1. The van der Waals surface area contributed by atoms with Crippen molar-refractivity contribution in [3.63, 3.8) is 0 Å². The molecule has 15 heavy (non-hydrogen) atoms. The number of hydrogen-bond acceptors (Lipinski definition) is 4. The molecule has 0 aromatic rings. The van der Waals surface area contributed by atoms with E-state index in [0.717, 1.165) is 19.3 Å². The highest BCUT2D eigenvalue weighted by atomic mass is 32.2. The molecule has 2 aliphatic heterocycles. The number of primary amides is 1. The Kier molecular flexibility index (Phi) is 2.41. The summed E-state index contributed by atoms with van der Waals surface area (Å²) in [6.45, 7) is 0.443. The lowest BCUT2D eigenvalue weighted by atomic mass is 9.82. The molecular weight excluding hydrogens is 214 g/mol. The maximum absolute atomic E-state index is 11.1. The number of fused-ring (bicyclic) bond motifs is 2. The highest BCUT2D eigenvalue weighted by molar-refractivity contribution is 8.01. The molecule has 1 amide bonds. The number of rotatable bonds is 1. The van der Waals surface area contributed by atoms with E-state index in [0.29, 0.717) is 18.0 Å². The van der Waals surface area contributed by atoms with Gasteiger partial charge in [-0.15, -0.1) is 11.8 Å². The predicted molar refractivity (Wildman–Crippen MR) is 56.3 cm³/mol. The van der Waals surface area contributed by atoms with Gasteiger partial charge in [0, 0.05) is 5.25 Å². The van der Waals surface area contributed by atoms with E-state index in [9.17, 15) is 4.79 Å². The second-order valence-electron chi connectivity index (χ2n) is 4.56. The average molecular weight is 229 g/mol. The van der Waals surface area contributed by atoms with E-state index in [1.165, 1.54) is 0 Å². The van der Waals surface area contributed by atoms with Gasteiger partial charge >= 0.3 is 0 Å². The van der Waals surface area contributed by atoms with Gasteiger partial charge in [-0.2, -0.15) is 0 Å². The second-order valence-corrected chi connectivity index (χ2v) is 6.01. The third-order valence-corrected chi connectivity index (χ3v) is 5.36. The van der Waals surface area contributed by atoms with E-state index in [1.807, 2.05) is 0 Å². The van der Waals surface area contributed by atoms with Crippen LogP contribution in [0.2, 0.25) is 0 Å². The fourth-order valence-corrected chi connectivity index (χ4v) is 4.54. The molecule has 0 radical (unpaired) electrons. The van der Waals surface area contributed by atoms with Crippen molar-refractivity contribution in [2.75, 3.05) is 6.79 Å². The molecule has 0 aromatic carbocycles. The number of nitrogens with two attached hydrogens (primary N) is 1. The van der Waals surface area contributed by atoms with E-state index < -0.39 is 0 Å². The van der Waals surface area contributed by atoms with Crippen molar-refractivity contribution in [3.05, 3.63) is 0 Å². The molecule has 4 nitrogen and oxygen atoms in total. The van der Waals surface area contributed by atoms with Gasteiger partial charge in [0.2, 0.25) is 5.91 Å². The van der Waals surface area contributed by atoms with E-state index in [2.05, 4.69) is 0 Å². The summed E-state index contributed by atoms with van der Waals surface area (Å²) in [4.78, 5) is 11.1. The van der Waals surface area contributed by atoms with Crippen LogP contribution in [-0.2, 0) is 14.3 Å². The first kappa shape index (κ1) is 9.93. The zero-order chi connectivity index (χ0) is 10.4. The van der Waals surface area contributed by atoms with E-state index in [1.54, 1.807) is 11.8 Å². The van der Waals surface area contributed by atoms with Crippen molar-refractivity contribution in [1.82, 2.24) is 0 Å². The van der Waals surface area contributed by atoms with Crippen molar-refractivity contribution in [3.8, 4) is 0 Å². The monoisotopic (exact) mass is 229 g/mol. The summed E-state index contributed by atoms with van der Waals surface area (Å²) in [5, 5.41) is 0.560. The highest BCUT2D eigenvalue weighted by Gasteiger charge is 2.47. The van der Waals surface area contributed by atoms with Gasteiger partial charge in [0.15, 0.2) is 0 Å². The van der Waals surface area contributed by atoms with Gasteiger partial charge in [0.25, 0.3) is 0 Å². The molecule has 0 aromatic heterocycles. The van der Waals surface area contributed by atoms with Gasteiger partial charge < -0.3 is 15.2 Å². The summed E-state index contributed by atoms with van der Waals surface area (Å²) in [5.74, 6) is 0.428. The smallest absolute Gasteiger partial charge is 0.230 e. The zero-order valence-electron chi connectivity index (χ0n) is 8.43. The molecule has 1 saturated carbocycles. The van der Waals surface area contributed by atoms with Crippen molar-refractivity contribution in [2.45, 2.75) is 42.0 Å². The summed E-state index contributed by atoms with van der Waals surface area (Å²) >= 11 is 1.74. The summed E-state index contributed by atoms with van der Waals surface area (Å²) < 4.78 is 11.0. The Morgan fingerprint density at radius 1 is 1.20 bits per heavy atom. The van der Waals surface area contributed by atoms with Crippen LogP contribution in [0.3, 0.4) is 0 Å². The van der Waals surface area contributed by atoms with E-state index in [-0.39, 0.29) is 23.4 Å². The summed E-state index contributed by atoms with van der Waals surface area (Å²) in [6.07, 6.45) is 3.50. The molecule has 2 heterocycles. The standard InChI is InChI=1S/C10H15NO3S/c11-10(12)9-2-5-1-6-7(14-4-13-6)3-8(5)15-9/h5-9H,1-4H2,(H2,11,12). The van der Waals surface area contributed by atoms with Crippen molar-refractivity contribution >= 4 is 17.7 Å². The minimum absolute atomic E-state index is 0.0128. The van der Waals surface area contributed by atoms with Crippen LogP contribution in [0.5, 0.6) is 0 Å². The lowest BCUT2D eigenvalue weighted by molar-refractivity contribution is -0.117. The van der Waals surface area contributed by atoms with Gasteiger partial charge in [0.1, 0.15) is 6.79 Å². The Morgan fingerprint density at radius 2 is 1.93 bits per heavy atom. The van der Waals surface area contributed by atoms with Crippen LogP contribution in [0.1, 0.15) is 19.3 Å². The normalized spacial score (nSPS) is 48.7. The Bertz CT molecular complexity index is 266. The first-order valence-corrected chi connectivity index (χ1v) is 6.36. The summed E-state index contributed by atoms with van der Waals surface area (Å²) in [7, 11) is 0. The Labute approximate surface area is 92.9 Å². The molecule has 3 fully saturated rings. The first-order valence-electron chi connectivity index (χ1n) is 5.42. The fourth-order valence-electron chi connectivity index (χ4n) is 2.88. The predicted octanol–water partition coefficient (Wildman–Crippen LogP) is 0.497. The van der Waals surface area contributed by atoms with Crippen molar-refractivity contribution in [1.29, 1.82) is 0 Å². The van der Waals surface area contributed by atoms with Crippen LogP contribution in [-0.4, -0.2) is 35.4 Å². The summed E-state index contributed by atoms with van der Waals surface area (Å²) in [5.41, 5.74) is 5.35. The molecule has 5 atom stereocenters. The first-order chi connectivity index (χ1) is 7.24. The van der Waals surface area contributed by atoms with Crippen LogP contribution in [0.4, 0.5) is 0 Å². The average Bonchev–Trinajstić information content (AvgIpc) is 2.77. The number of hydrogen-bond donors (Lipinski definition) is 1. The molecule has 0 spiro atoms. The van der Waals surface area contributed by atoms with Crippen LogP contribution in [0.25, 0.3) is 0 Å². The molecule has 5 heteroatoms. The van der Waals surface area contributed by atoms with E-state index >= 15 is 0 Å². The molecule has 5 unspecified atom stereocenters. The van der Waals surface area contributed by atoms with Gasteiger partial charge in [-0.3, -0.25) is 4.79 Å². The minimum Gasteiger partial charge on any atom is -0.369 e. The Morgan fingerprint density at radius 3 is 2.67 bits per heavy atom. The number of carbonyl (C=O) groups is 1. The zero-order valence-corrected chi connectivity index (χ0v) is 9.24. The lowest BCUT2D eigenvalue weighted by Crippen LogP contribution is -2.36. The maximum Gasteiger partial charge on any atom is 0.230 e. The topological polar surface area (TPSA) is 61.6 Å². The third-order valence-electron chi connectivity index (χ3n) is 3.68. The summed E-state index contributed by atoms with van der Waals surface area (Å²) in [6, 6.07) is 0.